The van der Waals surface area contributed by atoms with Crippen molar-refractivity contribution < 1.29 is 9.59 Å². The van der Waals surface area contributed by atoms with Crippen LogP contribution < -0.4 is 10.6 Å². The number of hydrogen-bond acceptors (Lipinski definition) is 3. The van der Waals surface area contributed by atoms with E-state index < -0.39 is 0 Å². The molecule has 2 N–H and O–H groups in total. The van der Waals surface area contributed by atoms with Gasteiger partial charge in [0.15, 0.2) is 5.69 Å². The maximum Gasteiger partial charge on any atom is 0.272 e. The van der Waals surface area contributed by atoms with Crippen LogP contribution in [-0.4, -0.2) is 27.1 Å². The van der Waals surface area contributed by atoms with Gasteiger partial charge in [0.2, 0.25) is 0 Å². The van der Waals surface area contributed by atoms with Gasteiger partial charge in [-0.05, 0) is 32.9 Å². The van der Waals surface area contributed by atoms with Gasteiger partial charge in [0.25, 0.3) is 11.8 Å². The minimum atomic E-state index is -0.365. The first-order valence-electron chi connectivity index (χ1n) is 7.10. The maximum atomic E-state index is 12.3. The summed E-state index contributed by atoms with van der Waals surface area (Å²) in [6.45, 7) is 5.65. The molecule has 0 unspecified atom stereocenters. The predicted octanol–water partition coefficient (Wildman–Crippen LogP) is 2.85. The largest absolute Gasteiger partial charge is 0.346 e. The molecule has 1 heterocycles. The summed E-state index contributed by atoms with van der Waals surface area (Å²) in [4.78, 5) is 24.4. The number of anilines is 1. The van der Waals surface area contributed by atoms with Crippen LogP contribution in [0.25, 0.3) is 0 Å². The topological polar surface area (TPSA) is 76.0 Å². The maximum absolute atomic E-state index is 12.3. The second kappa shape index (κ2) is 6.42. The number of amides is 2. The molecule has 2 rings (SSSR count). The first-order valence-corrected chi connectivity index (χ1v) is 7.47. The van der Waals surface area contributed by atoms with E-state index in [4.69, 9.17) is 11.6 Å². The lowest BCUT2D eigenvalue weighted by atomic mass is 10.1. The number of nitrogens with zero attached hydrogens (tertiary/aromatic N) is 2. The Morgan fingerprint density at radius 3 is 2.43 bits per heavy atom. The Kier molecular flexibility index (Phi) is 4.75. The number of benzene rings is 1. The average Bonchev–Trinajstić information content (AvgIpc) is 2.79. The standard InChI is InChI=1S/C16H19ClN4O2/c1-16(2,3)19-15(23)12-9-13(21(4)20-12)18-14(22)10-7-5-6-8-11(10)17/h5-9H,1-4H3,(H,18,22)(H,19,23). The first kappa shape index (κ1) is 17.0. The zero-order chi connectivity index (χ0) is 17.2. The second-order valence-electron chi connectivity index (χ2n) is 6.18. The molecular weight excluding hydrogens is 316 g/mol. The van der Waals surface area contributed by atoms with Crippen molar-refractivity contribution in [3.8, 4) is 0 Å². The van der Waals surface area contributed by atoms with Crippen molar-refractivity contribution in [3.63, 3.8) is 0 Å². The van der Waals surface area contributed by atoms with E-state index in [1.54, 1.807) is 31.3 Å². The highest BCUT2D eigenvalue weighted by Crippen LogP contribution is 2.17. The minimum absolute atomic E-state index is 0.233. The van der Waals surface area contributed by atoms with Gasteiger partial charge in [-0.25, -0.2) is 0 Å². The summed E-state index contributed by atoms with van der Waals surface area (Å²) in [5, 5.41) is 10.0. The first-order chi connectivity index (χ1) is 10.7. The van der Waals surface area contributed by atoms with Gasteiger partial charge >= 0.3 is 0 Å². The van der Waals surface area contributed by atoms with Gasteiger partial charge in [0, 0.05) is 18.7 Å². The van der Waals surface area contributed by atoms with Crippen LogP contribution in [-0.2, 0) is 7.05 Å². The number of carbonyl (C=O) groups is 2. The molecule has 7 heteroatoms. The SMILES string of the molecule is Cn1nc(C(=O)NC(C)(C)C)cc1NC(=O)c1ccccc1Cl. The minimum Gasteiger partial charge on any atom is -0.346 e. The number of carbonyl (C=O) groups excluding carboxylic acids is 2. The quantitative estimate of drug-likeness (QED) is 0.906. The molecule has 1 aromatic carbocycles. The second-order valence-corrected chi connectivity index (χ2v) is 6.58. The van der Waals surface area contributed by atoms with Crippen molar-refractivity contribution in [1.29, 1.82) is 0 Å². The lowest BCUT2D eigenvalue weighted by Gasteiger charge is -2.19. The summed E-state index contributed by atoms with van der Waals surface area (Å²) in [5.41, 5.74) is 0.225. The fourth-order valence-corrected chi connectivity index (χ4v) is 2.15. The molecule has 0 fully saturated rings. The van der Waals surface area contributed by atoms with E-state index in [9.17, 15) is 9.59 Å². The van der Waals surface area contributed by atoms with Gasteiger partial charge in [-0.2, -0.15) is 5.10 Å². The third-order valence-electron chi connectivity index (χ3n) is 2.96. The van der Waals surface area contributed by atoms with Gasteiger partial charge in [-0.1, -0.05) is 23.7 Å². The summed E-state index contributed by atoms with van der Waals surface area (Å²) in [7, 11) is 1.65. The Bertz CT molecular complexity index is 747. The molecule has 6 nitrogen and oxygen atoms in total. The van der Waals surface area contributed by atoms with E-state index >= 15 is 0 Å². The number of halogens is 1. The van der Waals surface area contributed by atoms with Gasteiger partial charge < -0.3 is 10.6 Å². The molecule has 1 aromatic heterocycles. The smallest absolute Gasteiger partial charge is 0.272 e. The van der Waals surface area contributed by atoms with Crippen LogP contribution in [0.4, 0.5) is 5.82 Å². The van der Waals surface area contributed by atoms with E-state index in [0.29, 0.717) is 16.4 Å². The molecule has 0 atom stereocenters. The van der Waals surface area contributed by atoms with Crippen LogP contribution in [0.3, 0.4) is 0 Å². The van der Waals surface area contributed by atoms with Crippen LogP contribution in [0.15, 0.2) is 30.3 Å². The number of aromatic nitrogens is 2. The highest BCUT2D eigenvalue weighted by Gasteiger charge is 2.20. The Morgan fingerprint density at radius 2 is 1.83 bits per heavy atom. The molecule has 0 saturated carbocycles. The molecule has 2 amide bonds. The molecular formula is C16H19ClN4O2. The zero-order valence-electron chi connectivity index (χ0n) is 13.5. The van der Waals surface area contributed by atoms with E-state index in [-0.39, 0.29) is 23.0 Å². The lowest BCUT2D eigenvalue weighted by Crippen LogP contribution is -2.40. The van der Waals surface area contributed by atoms with Crippen LogP contribution in [0, 0.1) is 0 Å². The Balaban J connectivity index is 2.17. The molecule has 0 spiro atoms. The average molecular weight is 335 g/mol. The van der Waals surface area contributed by atoms with Crippen LogP contribution in [0.5, 0.6) is 0 Å². The highest BCUT2D eigenvalue weighted by atomic mass is 35.5. The molecule has 0 aliphatic rings. The number of aryl methyl sites for hydroxylation is 1. The van der Waals surface area contributed by atoms with Crippen molar-refractivity contribution in [2.24, 2.45) is 7.05 Å². The summed E-state index contributed by atoms with van der Waals surface area (Å²) in [6.07, 6.45) is 0. The summed E-state index contributed by atoms with van der Waals surface area (Å²) in [6, 6.07) is 8.27. The van der Waals surface area contributed by atoms with Crippen molar-refractivity contribution in [2.75, 3.05) is 5.32 Å². The van der Waals surface area contributed by atoms with Crippen LogP contribution in [0.1, 0.15) is 41.6 Å². The van der Waals surface area contributed by atoms with Crippen molar-refractivity contribution in [2.45, 2.75) is 26.3 Å². The molecule has 0 bridgehead atoms. The third-order valence-corrected chi connectivity index (χ3v) is 3.29. The third kappa shape index (κ3) is 4.32. The Labute approximate surface area is 139 Å². The van der Waals surface area contributed by atoms with Gasteiger partial charge in [-0.3, -0.25) is 14.3 Å². The molecule has 0 aliphatic carbocycles. The van der Waals surface area contributed by atoms with E-state index in [1.807, 2.05) is 20.8 Å². The summed E-state index contributed by atoms with van der Waals surface area (Å²) < 4.78 is 1.44. The van der Waals surface area contributed by atoms with E-state index in [1.165, 1.54) is 10.7 Å². The van der Waals surface area contributed by atoms with Crippen LogP contribution in [0.2, 0.25) is 5.02 Å². The fraction of sp³-hybridized carbons (Fsp3) is 0.312. The van der Waals surface area contributed by atoms with Crippen molar-refractivity contribution in [3.05, 3.63) is 46.6 Å². The molecule has 0 aliphatic heterocycles. The highest BCUT2D eigenvalue weighted by molar-refractivity contribution is 6.34. The summed E-state index contributed by atoms with van der Waals surface area (Å²) in [5.74, 6) is -0.248. The van der Waals surface area contributed by atoms with Crippen molar-refractivity contribution >= 4 is 29.2 Å². The molecule has 23 heavy (non-hydrogen) atoms. The van der Waals surface area contributed by atoms with Crippen LogP contribution >= 0.6 is 11.6 Å². The fourth-order valence-electron chi connectivity index (χ4n) is 1.93. The zero-order valence-corrected chi connectivity index (χ0v) is 14.2. The number of rotatable bonds is 3. The van der Waals surface area contributed by atoms with Crippen molar-refractivity contribution in [1.82, 2.24) is 15.1 Å². The monoisotopic (exact) mass is 334 g/mol. The number of hydrogen-bond donors (Lipinski definition) is 2. The van der Waals surface area contributed by atoms with E-state index in [0.717, 1.165) is 0 Å². The number of nitrogens with one attached hydrogen (secondary N) is 2. The normalized spacial score (nSPS) is 11.2. The molecule has 0 saturated heterocycles. The Morgan fingerprint density at radius 1 is 1.17 bits per heavy atom. The van der Waals surface area contributed by atoms with Gasteiger partial charge in [0.05, 0.1) is 10.6 Å². The van der Waals surface area contributed by atoms with E-state index in [2.05, 4.69) is 15.7 Å². The summed E-state index contributed by atoms with van der Waals surface area (Å²) >= 11 is 6.01. The molecule has 2 aromatic rings. The lowest BCUT2D eigenvalue weighted by molar-refractivity contribution is 0.0913. The van der Waals surface area contributed by atoms with Gasteiger partial charge in [0.1, 0.15) is 5.82 Å². The predicted molar refractivity (Wildman–Crippen MR) is 89.8 cm³/mol. The molecule has 0 radical (unpaired) electrons. The van der Waals surface area contributed by atoms with Gasteiger partial charge in [-0.15, -0.1) is 0 Å². The Hall–Kier alpha value is -2.34. The molecule has 122 valence electrons.